The average Bonchev–Trinajstić information content (AvgIpc) is 3.55. The lowest BCUT2D eigenvalue weighted by Gasteiger charge is -2.42. The minimum absolute atomic E-state index is 0.0229. The van der Waals surface area contributed by atoms with E-state index in [4.69, 9.17) is 18.3 Å². The van der Waals surface area contributed by atoms with Gasteiger partial charge in [0.05, 0.1) is 31.0 Å². The van der Waals surface area contributed by atoms with Crippen LogP contribution < -0.4 is 14.5 Å². The third kappa shape index (κ3) is 8.83. The molecule has 3 rings (SSSR count). The van der Waals surface area contributed by atoms with Crippen molar-refractivity contribution < 1.29 is 27.9 Å². The van der Waals surface area contributed by atoms with Crippen molar-refractivity contribution >= 4 is 51.2 Å². The molecule has 0 saturated heterocycles. The topological polar surface area (TPSA) is 86.3 Å². The molecular weight excluding hydrogens is 657 g/mol. The highest BCUT2D eigenvalue weighted by Gasteiger charge is 2.48. The fraction of sp³-hybridized carbons (Fsp3) is 0.568. The van der Waals surface area contributed by atoms with Gasteiger partial charge in [0.2, 0.25) is 0 Å². The van der Waals surface area contributed by atoms with Crippen LogP contribution in [0.1, 0.15) is 84.7 Å². The molecule has 0 fully saturated rings. The Morgan fingerprint density at radius 2 is 1.73 bits per heavy atom. The minimum atomic E-state index is -2.42. The van der Waals surface area contributed by atoms with Crippen molar-refractivity contribution in [3.05, 3.63) is 58.8 Å². The van der Waals surface area contributed by atoms with Crippen molar-refractivity contribution in [2.45, 2.75) is 110 Å². The number of nitrogens with zero attached hydrogens (tertiary/aromatic N) is 1. The van der Waals surface area contributed by atoms with E-state index in [1.165, 1.54) is 17.2 Å². The molecule has 0 bridgehead atoms. The second kappa shape index (κ2) is 16.2. The maximum Gasteiger partial charge on any atom is 0.411 e. The zero-order chi connectivity index (χ0) is 36.0. The van der Waals surface area contributed by atoms with Crippen LogP contribution in [0.5, 0.6) is 11.5 Å². The van der Waals surface area contributed by atoms with E-state index in [1.54, 1.807) is 30.6 Å². The molecule has 8 nitrogen and oxygen atoms in total. The molecule has 1 aromatic heterocycles. The van der Waals surface area contributed by atoms with Crippen molar-refractivity contribution in [1.29, 1.82) is 0 Å². The predicted octanol–water partition coefficient (Wildman–Crippen LogP) is 10.4. The highest BCUT2D eigenvalue weighted by Crippen LogP contribution is 2.46. The molecule has 0 spiro atoms. The molecule has 1 aliphatic rings. The number of ether oxygens (including phenoxy) is 2. The van der Waals surface area contributed by atoms with Crippen molar-refractivity contribution in [3.8, 4) is 11.5 Å². The fourth-order valence-corrected chi connectivity index (χ4v) is 13.4. The van der Waals surface area contributed by atoms with Crippen LogP contribution in [0.4, 0.5) is 10.5 Å². The Hall–Kier alpha value is -2.87. The van der Waals surface area contributed by atoms with Crippen molar-refractivity contribution in [1.82, 2.24) is 4.90 Å². The molecule has 2 heterocycles. The summed E-state index contributed by atoms with van der Waals surface area (Å²) in [5.41, 5.74) is 3.89. The number of amides is 2. The lowest BCUT2D eigenvalue weighted by molar-refractivity contribution is 0.0627. The Morgan fingerprint density at radius 3 is 2.25 bits per heavy atom. The Kier molecular flexibility index (Phi) is 13.4. The Labute approximate surface area is 295 Å². The summed E-state index contributed by atoms with van der Waals surface area (Å²) < 4.78 is 24.9. The molecule has 11 heteroatoms. The molecule has 0 radical (unpaired) electrons. The maximum absolute atomic E-state index is 14.7. The molecule has 0 aliphatic carbocycles. The largest absolute Gasteiger partial charge is 0.540 e. The van der Waals surface area contributed by atoms with Crippen LogP contribution in [0.3, 0.4) is 0 Å². The van der Waals surface area contributed by atoms with Gasteiger partial charge in [-0.15, -0.1) is 0 Å². The average molecular weight is 715 g/mol. The van der Waals surface area contributed by atoms with Crippen LogP contribution in [-0.2, 0) is 9.16 Å². The van der Waals surface area contributed by atoms with Crippen LogP contribution in [-0.4, -0.2) is 66.4 Å². The van der Waals surface area contributed by atoms with Gasteiger partial charge >= 0.3 is 6.09 Å². The smallest absolute Gasteiger partial charge is 0.411 e. The second-order valence-electron chi connectivity index (χ2n) is 15.1. The first-order valence-electron chi connectivity index (χ1n) is 17.0. The first kappa shape index (κ1) is 39.6. The first-order valence-corrected chi connectivity index (χ1v) is 23.0. The zero-order valence-corrected chi connectivity index (χ0v) is 34.0. The molecule has 0 saturated carbocycles. The number of carbonyl (C=O) groups is 2. The molecule has 1 aliphatic heterocycles. The van der Waals surface area contributed by atoms with Crippen LogP contribution >= 0.6 is 11.3 Å². The Bertz CT molecular complexity index is 1420. The van der Waals surface area contributed by atoms with E-state index in [0.717, 1.165) is 0 Å². The summed E-state index contributed by atoms with van der Waals surface area (Å²) >= 11 is 1.66. The number of hydrogen-bond acceptors (Lipinski definition) is 7. The highest BCUT2D eigenvalue weighted by atomic mass is 32.1. The van der Waals surface area contributed by atoms with Gasteiger partial charge in [0.1, 0.15) is 12.4 Å². The summed E-state index contributed by atoms with van der Waals surface area (Å²) in [6.07, 6.45) is 3.60. The molecule has 2 aromatic rings. The second-order valence-corrected chi connectivity index (χ2v) is 26.1. The number of hydrogen-bond donors (Lipinski definition) is 1. The summed E-state index contributed by atoms with van der Waals surface area (Å²) in [5.74, 6) is 0.720. The number of nitrogens with one attached hydrogen (secondary N) is 1. The minimum Gasteiger partial charge on any atom is -0.540 e. The Balaban J connectivity index is 2.14. The van der Waals surface area contributed by atoms with Gasteiger partial charge < -0.3 is 23.2 Å². The number of benzene rings is 1. The summed E-state index contributed by atoms with van der Waals surface area (Å²) in [7, 11) is -2.95. The van der Waals surface area contributed by atoms with E-state index < -0.39 is 22.7 Å². The number of thiophene rings is 1. The van der Waals surface area contributed by atoms with E-state index in [9.17, 15) is 9.59 Å². The molecule has 48 heavy (non-hydrogen) atoms. The highest BCUT2D eigenvalue weighted by molar-refractivity contribution is 7.08. The molecule has 1 N–H and O–H groups in total. The predicted molar refractivity (Wildman–Crippen MR) is 205 cm³/mol. The molecule has 266 valence electrons. The summed E-state index contributed by atoms with van der Waals surface area (Å²) in [5, 5.41) is 7.08. The standard InChI is InChI=1S/C37H58N2O6SSi2/c1-14-18-43-36(41)38-32-22-34(45-48(25(2)3,26(4)5)27(6)7)33(42-11)21-31(32)35(40)39-17-15-28(29-16-19-46-24-29)20-30(39)23-44-47(12,13)37(8,9)10/h14-16,19,21-22,24-27,30H,1,17-18,20,23H2,2-13H3,(H,38,41)/t30-/m0/s1. The third-order valence-electron chi connectivity index (χ3n) is 10.1. The van der Waals surface area contributed by atoms with Gasteiger partial charge in [-0.05, 0) is 75.2 Å². The van der Waals surface area contributed by atoms with E-state index >= 15 is 0 Å². The van der Waals surface area contributed by atoms with Crippen molar-refractivity contribution in [3.63, 3.8) is 0 Å². The summed E-state index contributed by atoms with van der Waals surface area (Å²) in [6, 6.07) is 5.34. The summed E-state index contributed by atoms with van der Waals surface area (Å²) in [6.45, 7) is 28.9. The quantitative estimate of drug-likeness (QED) is 0.155. The number of rotatable bonds is 14. The van der Waals surface area contributed by atoms with E-state index in [1.807, 2.05) is 4.90 Å². The maximum atomic E-state index is 14.7. The normalized spacial score (nSPS) is 15.9. The first-order chi connectivity index (χ1) is 22.4. The van der Waals surface area contributed by atoms with Gasteiger partial charge in [-0.3, -0.25) is 10.1 Å². The number of anilines is 1. The molecule has 1 atom stereocenters. The molecule has 2 amide bonds. The number of carbonyl (C=O) groups excluding carboxylic acids is 2. The fourth-order valence-electron chi connectivity index (χ4n) is 6.47. The van der Waals surface area contributed by atoms with Crippen LogP contribution in [0.15, 0.2) is 47.7 Å². The molecule has 1 aromatic carbocycles. The third-order valence-corrected chi connectivity index (χ3v) is 21.3. The van der Waals surface area contributed by atoms with Crippen LogP contribution in [0, 0.1) is 0 Å². The molecule has 0 unspecified atom stereocenters. The van der Waals surface area contributed by atoms with Gasteiger partial charge in [0, 0.05) is 12.6 Å². The van der Waals surface area contributed by atoms with Crippen molar-refractivity contribution in [2.75, 3.05) is 32.2 Å². The SMILES string of the molecule is C=CCOC(=O)Nc1cc(O[Si](C(C)C)(C(C)C)C(C)C)c(OC)cc1C(=O)N1CC=C(c2ccsc2)C[C@H]1CO[Si](C)(C)C(C)(C)C. The lowest BCUT2D eigenvalue weighted by atomic mass is 9.95. The van der Waals surface area contributed by atoms with Crippen LogP contribution in [0.25, 0.3) is 5.57 Å². The van der Waals surface area contributed by atoms with Gasteiger partial charge in [-0.25, -0.2) is 4.79 Å². The summed E-state index contributed by atoms with van der Waals surface area (Å²) in [4.78, 5) is 29.5. The van der Waals surface area contributed by atoms with E-state index in [0.29, 0.717) is 58.9 Å². The van der Waals surface area contributed by atoms with Gasteiger partial charge in [-0.2, -0.15) is 11.3 Å². The van der Waals surface area contributed by atoms with Gasteiger partial charge in [0.25, 0.3) is 14.2 Å². The number of methoxy groups -OCH3 is 1. The molecular formula is C37H58N2O6SSi2. The Morgan fingerprint density at radius 1 is 1.08 bits per heavy atom. The monoisotopic (exact) mass is 714 g/mol. The zero-order valence-electron chi connectivity index (χ0n) is 31.2. The van der Waals surface area contributed by atoms with Gasteiger partial charge in [0.15, 0.2) is 14.1 Å². The van der Waals surface area contributed by atoms with E-state index in [2.05, 4.69) is 110 Å². The lowest BCUT2D eigenvalue weighted by Crippen LogP contribution is -2.50. The van der Waals surface area contributed by atoms with E-state index in [-0.39, 0.29) is 23.6 Å². The van der Waals surface area contributed by atoms with Crippen molar-refractivity contribution in [2.24, 2.45) is 0 Å². The van der Waals surface area contributed by atoms with Gasteiger partial charge in [-0.1, -0.05) is 81.0 Å². The van der Waals surface area contributed by atoms with Crippen LogP contribution in [0.2, 0.25) is 34.8 Å².